The van der Waals surface area contributed by atoms with Gasteiger partial charge in [-0.3, -0.25) is 14.4 Å². The first-order valence-corrected chi connectivity index (χ1v) is 31.0. The zero-order valence-electron chi connectivity index (χ0n) is 48.3. The second kappa shape index (κ2) is 33.9. The van der Waals surface area contributed by atoms with Crippen molar-refractivity contribution >= 4 is 52.3 Å². The third-order valence-corrected chi connectivity index (χ3v) is 17.1. The number of hydrogen-bond acceptors (Lipinski definition) is 15. The predicted octanol–water partition coefficient (Wildman–Crippen LogP) is 14.4. The van der Waals surface area contributed by atoms with Crippen LogP contribution in [-0.4, -0.2) is 67.2 Å². The summed E-state index contributed by atoms with van der Waals surface area (Å²) in [5, 5.41) is 7.80. The molecule has 82 heavy (non-hydrogen) atoms. The smallest absolute Gasteiger partial charge is 0.330 e. The number of esters is 4. The number of unbranched alkanes of at least 4 members (excludes halogenated alkanes) is 8. The van der Waals surface area contributed by atoms with Crippen LogP contribution >= 0.6 is 11.3 Å². The molecular formula is C67H85N3O11S. The quantitative estimate of drug-likeness (QED) is 0.00824. The molecule has 0 spiro atoms. The number of carbonyl (C=O) groups is 5. The minimum atomic E-state index is -0.397. The number of aryl methyl sites for hydroxylation is 4. The molecule has 0 unspecified atom stereocenters. The Kier molecular flexibility index (Phi) is 25.9. The van der Waals surface area contributed by atoms with Gasteiger partial charge < -0.3 is 28.4 Å². The van der Waals surface area contributed by atoms with Crippen molar-refractivity contribution in [1.29, 1.82) is 0 Å². The molecule has 0 N–H and O–H groups in total. The maximum absolute atomic E-state index is 13.9. The standard InChI is InChI=1S/C67H85N3O11S/c1-5-63(72)77-44-18-11-9-8-10-14-20-49-23-35-57(36-24-49)80-66(75)54-31-27-52(28-32-54)61(71)42-34-51-33-37-59(46-55(51)47-68-70(7-3)67-69-60-21-15-16-22-62(60)82-67)79-48(4)50-25-29-53(30-26-50)65(74)81-58-40-38-56(39-41-58)76-43-17-12-13-19-45-78-64(73)6-2/h5-6,23-24,33,35-41,46-47,50,52-54H,1-2,4,7-22,25-32,34,42-45H2,3H3/b68-47+. The van der Waals surface area contributed by atoms with Gasteiger partial charge in [0, 0.05) is 47.4 Å². The van der Waals surface area contributed by atoms with Crippen molar-refractivity contribution in [2.24, 2.45) is 28.8 Å². The van der Waals surface area contributed by atoms with Crippen molar-refractivity contribution in [3.8, 4) is 23.0 Å². The molecule has 4 aromatic rings. The molecule has 7 rings (SSSR count). The van der Waals surface area contributed by atoms with Gasteiger partial charge in [0.2, 0.25) is 5.13 Å². The van der Waals surface area contributed by atoms with Gasteiger partial charge in [0.15, 0.2) is 0 Å². The second-order valence-electron chi connectivity index (χ2n) is 21.9. The number of anilines is 1. The number of nitrogens with zero attached hydrogens (tertiary/aromatic N) is 3. The van der Waals surface area contributed by atoms with E-state index in [1.165, 1.54) is 34.7 Å². The molecule has 3 aliphatic rings. The number of fused-ring (bicyclic) bond motifs is 1. The van der Waals surface area contributed by atoms with E-state index in [4.69, 9.17) is 38.5 Å². The lowest BCUT2D eigenvalue weighted by Gasteiger charge is -2.28. The monoisotopic (exact) mass is 1140 g/mol. The van der Waals surface area contributed by atoms with Crippen LogP contribution in [0.15, 0.2) is 109 Å². The first-order chi connectivity index (χ1) is 40.0. The number of ether oxygens (including phenoxy) is 6. The molecule has 0 bridgehead atoms. The van der Waals surface area contributed by atoms with E-state index in [2.05, 4.69) is 26.7 Å². The normalized spacial score (nSPS) is 17.7. The lowest BCUT2D eigenvalue weighted by atomic mass is 9.79. The summed E-state index contributed by atoms with van der Waals surface area (Å²) in [6.07, 6.45) is 25.8. The molecule has 0 atom stereocenters. The van der Waals surface area contributed by atoms with Crippen molar-refractivity contribution < 1.29 is 52.4 Å². The number of allylic oxidation sites excluding steroid dienone is 1. The number of hydrogen-bond donors (Lipinski definition) is 0. The summed E-state index contributed by atoms with van der Waals surface area (Å²) < 4.78 is 34.0. The fourth-order valence-electron chi connectivity index (χ4n) is 10.9. The van der Waals surface area contributed by atoms with Crippen molar-refractivity contribution in [2.75, 3.05) is 31.4 Å². The fourth-order valence-corrected chi connectivity index (χ4v) is 12.1. The van der Waals surface area contributed by atoms with Crippen molar-refractivity contribution in [3.05, 3.63) is 132 Å². The third-order valence-electron chi connectivity index (χ3n) is 15.9. The Morgan fingerprint density at radius 3 is 1.73 bits per heavy atom. The van der Waals surface area contributed by atoms with Crippen LogP contribution in [0.2, 0.25) is 0 Å². The highest BCUT2D eigenvalue weighted by Crippen LogP contribution is 2.37. The van der Waals surface area contributed by atoms with Gasteiger partial charge in [0.05, 0.1) is 49.3 Å². The molecule has 0 aliphatic heterocycles. The van der Waals surface area contributed by atoms with Gasteiger partial charge in [-0.2, -0.15) is 5.10 Å². The minimum Gasteiger partial charge on any atom is -0.494 e. The molecule has 0 radical (unpaired) electrons. The number of benzene rings is 3. The molecule has 1 aromatic heterocycles. The van der Waals surface area contributed by atoms with E-state index in [0.717, 1.165) is 119 Å². The Balaban J connectivity index is 0.854. The van der Waals surface area contributed by atoms with Gasteiger partial charge in [0.1, 0.15) is 28.8 Å². The average molecular weight is 1140 g/mol. The van der Waals surface area contributed by atoms with E-state index in [1.54, 1.807) is 23.5 Å². The van der Waals surface area contributed by atoms with Crippen LogP contribution in [0.3, 0.4) is 0 Å². The van der Waals surface area contributed by atoms with Gasteiger partial charge in [-0.05, 0) is 195 Å². The van der Waals surface area contributed by atoms with E-state index in [9.17, 15) is 24.0 Å². The lowest BCUT2D eigenvalue weighted by molar-refractivity contribution is -0.141. The Bertz CT molecular complexity index is 2730. The third kappa shape index (κ3) is 20.5. The Hall–Kier alpha value is -6.87. The largest absolute Gasteiger partial charge is 0.494 e. The highest BCUT2D eigenvalue weighted by Gasteiger charge is 2.32. The fraction of sp³-hybridized carbons (Fsp3) is 0.507. The van der Waals surface area contributed by atoms with E-state index in [-0.39, 0.29) is 47.4 Å². The molecule has 1 heterocycles. The highest BCUT2D eigenvalue weighted by atomic mass is 32.1. The van der Waals surface area contributed by atoms with Gasteiger partial charge >= 0.3 is 23.9 Å². The van der Waals surface area contributed by atoms with Gasteiger partial charge in [0.25, 0.3) is 0 Å². The predicted molar refractivity (Wildman–Crippen MR) is 322 cm³/mol. The molecule has 440 valence electrons. The molecule has 14 nitrogen and oxygen atoms in total. The Morgan fingerprint density at radius 2 is 1.13 bits per heavy atom. The number of hydrazone groups is 1. The summed E-state index contributed by atoms with van der Waals surface area (Å²) >= 11 is 1.72. The molecular weight excluding hydrogens is 1050 g/mol. The SMILES string of the molecule is C=CC(=O)OCCCCCCCCc1ccc(OC(=O)C2CCC(C(=O)CCc3ccc(OC(=C)C4CCC(C(=O)Oc5ccc(OCCCCCCOC(=O)C=C)cc5)CC4)cc3/C=N/N(CC)c3nc4c(s3)CCCC4)CC2)cc1. The Labute approximate surface area is 489 Å². The molecule has 3 aliphatic carbocycles. The summed E-state index contributed by atoms with van der Waals surface area (Å²) in [7, 11) is 0. The topological polar surface area (TPSA) is 169 Å². The van der Waals surface area contributed by atoms with Crippen LogP contribution < -0.4 is 24.0 Å². The zero-order valence-corrected chi connectivity index (χ0v) is 49.1. The van der Waals surface area contributed by atoms with Gasteiger partial charge in [-0.25, -0.2) is 19.6 Å². The van der Waals surface area contributed by atoms with Crippen LogP contribution in [0.1, 0.15) is 169 Å². The van der Waals surface area contributed by atoms with Crippen molar-refractivity contribution in [2.45, 2.75) is 167 Å². The van der Waals surface area contributed by atoms with Crippen molar-refractivity contribution in [1.82, 2.24) is 4.98 Å². The van der Waals surface area contributed by atoms with Crippen LogP contribution in [0, 0.1) is 23.7 Å². The minimum absolute atomic E-state index is 0.0675. The first kappa shape index (κ1) is 62.7. The summed E-state index contributed by atoms with van der Waals surface area (Å²) in [4.78, 5) is 69.0. The number of Topliss-reactive ketones (excluding diaryl/α,β-unsaturated/α-hetero) is 1. The number of ketones is 1. The number of aromatic nitrogens is 1. The van der Waals surface area contributed by atoms with Crippen molar-refractivity contribution in [3.63, 3.8) is 0 Å². The molecule has 15 heteroatoms. The van der Waals surface area contributed by atoms with E-state index < -0.39 is 5.97 Å². The zero-order chi connectivity index (χ0) is 57.9. The number of rotatable bonds is 34. The average Bonchev–Trinajstić information content (AvgIpc) is 4.10. The number of thiazole rings is 1. The molecule has 3 aromatic carbocycles. The van der Waals surface area contributed by atoms with E-state index in [0.29, 0.717) is 106 Å². The summed E-state index contributed by atoms with van der Waals surface area (Å²) in [6, 6.07) is 20.9. The number of carbonyl (C=O) groups excluding carboxylic acids is 5. The first-order valence-electron chi connectivity index (χ1n) is 30.1. The van der Waals surface area contributed by atoms with E-state index in [1.807, 2.05) is 65.8 Å². The molecule has 2 fully saturated rings. The second-order valence-corrected chi connectivity index (χ2v) is 22.9. The maximum Gasteiger partial charge on any atom is 0.330 e. The van der Waals surface area contributed by atoms with Gasteiger partial charge in [-0.15, -0.1) is 0 Å². The molecule has 0 amide bonds. The van der Waals surface area contributed by atoms with Crippen LogP contribution in [-0.2, 0) is 59.1 Å². The molecule has 2 saturated carbocycles. The summed E-state index contributed by atoms with van der Waals surface area (Å²) in [5.41, 5.74) is 4.24. The van der Waals surface area contributed by atoms with E-state index >= 15 is 0 Å². The highest BCUT2D eigenvalue weighted by molar-refractivity contribution is 7.15. The summed E-state index contributed by atoms with van der Waals surface area (Å²) in [6.45, 7) is 15.3. The Morgan fingerprint density at radius 1 is 0.610 bits per heavy atom. The molecule has 0 saturated heterocycles. The maximum atomic E-state index is 13.9. The summed E-state index contributed by atoms with van der Waals surface area (Å²) in [5.74, 6) is 1.50. The van der Waals surface area contributed by atoms with Crippen LogP contribution in [0.4, 0.5) is 5.13 Å². The van der Waals surface area contributed by atoms with Gasteiger partial charge in [-0.1, -0.05) is 75.0 Å². The van der Waals surface area contributed by atoms with Crippen LogP contribution in [0.5, 0.6) is 23.0 Å². The lowest BCUT2D eigenvalue weighted by Crippen LogP contribution is -2.28. The van der Waals surface area contributed by atoms with Crippen LogP contribution in [0.25, 0.3) is 0 Å².